The van der Waals surface area contributed by atoms with Crippen molar-refractivity contribution in [2.45, 2.75) is 13.5 Å². The van der Waals surface area contributed by atoms with Gasteiger partial charge in [-0.1, -0.05) is 23.7 Å². The molecule has 6 heteroatoms. The Kier molecular flexibility index (Phi) is 5.01. The average Bonchev–Trinajstić information content (AvgIpc) is 2.48. The van der Waals surface area contributed by atoms with Gasteiger partial charge in [0.25, 0.3) is 0 Å². The summed E-state index contributed by atoms with van der Waals surface area (Å²) in [5, 5.41) is 3.40. The van der Waals surface area contributed by atoms with E-state index in [9.17, 15) is 0 Å². The van der Waals surface area contributed by atoms with Crippen LogP contribution < -0.4 is 14.8 Å². The molecule has 0 radical (unpaired) electrons. The summed E-state index contributed by atoms with van der Waals surface area (Å²) in [5.74, 6) is 1.68. The number of hydrogen-bond acceptors (Lipinski definition) is 5. The first-order valence-electron chi connectivity index (χ1n) is 6.25. The van der Waals surface area contributed by atoms with Crippen molar-refractivity contribution < 1.29 is 9.47 Å². The van der Waals surface area contributed by atoms with Crippen LogP contribution in [0.2, 0.25) is 5.02 Å². The van der Waals surface area contributed by atoms with E-state index >= 15 is 0 Å². The largest absolute Gasteiger partial charge is 0.497 e. The molecule has 0 unspecified atom stereocenters. The van der Waals surface area contributed by atoms with Crippen LogP contribution in [0.3, 0.4) is 0 Å². The van der Waals surface area contributed by atoms with E-state index in [0.717, 1.165) is 17.9 Å². The normalized spacial score (nSPS) is 10.2. The number of aromatic nitrogens is 2. The maximum Gasteiger partial charge on any atom is 0.237 e. The Hall–Kier alpha value is -2.01. The second kappa shape index (κ2) is 6.96. The van der Waals surface area contributed by atoms with Gasteiger partial charge in [-0.15, -0.1) is 0 Å². The first kappa shape index (κ1) is 14.4. The van der Waals surface area contributed by atoms with Crippen molar-refractivity contribution in [3.63, 3.8) is 0 Å². The van der Waals surface area contributed by atoms with Crippen LogP contribution in [0.15, 0.2) is 30.5 Å². The highest BCUT2D eigenvalue weighted by Gasteiger charge is 2.06. The van der Waals surface area contributed by atoms with Crippen LogP contribution in [0.5, 0.6) is 11.6 Å². The van der Waals surface area contributed by atoms with E-state index in [0.29, 0.717) is 23.5 Å². The van der Waals surface area contributed by atoms with Gasteiger partial charge < -0.3 is 14.8 Å². The van der Waals surface area contributed by atoms with Crippen molar-refractivity contribution in [1.82, 2.24) is 9.97 Å². The van der Waals surface area contributed by atoms with E-state index in [1.807, 2.05) is 31.2 Å². The Bertz CT molecular complexity index is 561. The Morgan fingerprint density at radius 1 is 1.25 bits per heavy atom. The zero-order chi connectivity index (χ0) is 14.4. The molecule has 0 aliphatic carbocycles. The third-order valence-corrected chi connectivity index (χ3v) is 2.84. The van der Waals surface area contributed by atoms with Crippen molar-refractivity contribution in [2.24, 2.45) is 0 Å². The van der Waals surface area contributed by atoms with Gasteiger partial charge >= 0.3 is 0 Å². The van der Waals surface area contributed by atoms with E-state index in [4.69, 9.17) is 21.1 Å². The summed E-state index contributed by atoms with van der Waals surface area (Å²) in [6.07, 6.45) is 1.52. The van der Waals surface area contributed by atoms with Gasteiger partial charge in [-0.05, 0) is 24.6 Å². The molecule has 2 aromatic rings. The molecule has 0 saturated heterocycles. The lowest BCUT2D eigenvalue weighted by molar-refractivity contribution is 0.294. The van der Waals surface area contributed by atoms with Crippen LogP contribution in [0.25, 0.3) is 0 Å². The fourth-order valence-electron chi connectivity index (χ4n) is 1.57. The predicted octanol–water partition coefficient (Wildman–Crippen LogP) is 3.15. The lowest BCUT2D eigenvalue weighted by Gasteiger charge is -2.09. The van der Waals surface area contributed by atoms with Crippen molar-refractivity contribution >= 4 is 17.5 Å². The van der Waals surface area contributed by atoms with Crippen molar-refractivity contribution in [2.75, 3.05) is 19.0 Å². The second-order valence-corrected chi connectivity index (χ2v) is 4.42. The Labute approximate surface area is 122 Å². The maximum absolute atomic E-state index is 6.01. The summed E-state index contributed by atoms with van der Waals surface area (Å²) < 4.78 is 10.7. The smallest absolute Gasteiger partial charge is 0.237 e. The number of nitrogens with zero attached hydrogens (tertiary/aromatic N) is 2. The topological polar surface area (TPSA) is 56.3 Å². The zero-order valence-electron chi connectivity index (χ0n) is 11.4. The Morgan fingerprint density at radius 3 is 2.65 bits per heavy atom. The Balaban J connectivity index is 2.03. The van der Waals surface area contributed by atoms with Crippen molar-refractivity contribution in [3.05, 3.63) is 41.0 Å². The number of rotatable bonds is 6. The van der Waals surface area contributed by atoms with E-state index in [1.165, 1.54) is 6.20 Å². The molecule has 0 atom stereocenters. The van der Waals surface area contributed by atoms with Gasteiger partial charge in [0.05, 0.1) is 13.3 Å². The molecule has 1 heterocycles. The first-order valence-corrected chi connectivity index (χ1v) is 6.63. The van der Waals surface area contributed by atoms with Gasteiger partial charge in [0, 0.05) is 6.54 Å². The molecule has 1 aromatic carbocycles. The molecule has 5 nitrogen and oxygen atoms in total. The number of benzene rings is 1. The minimum Gasteiger partial charge on any atom is -0.497 e. The highest BCUT2D eigenvalue weighted by atomic mass is 35.5. The van der Waals surface area contributed by atoms with Crippen LogP contribution in [-0.2, 0) is 6.61 Å². The standard InChI is InChI=1S/C14H16ClN3O2/c1-3-16-14-17-8-12(15)13(18-14)20-9-10-4-6-11(19-2)7-5-10/h4-8H,3,9H2,1-2H3,(H,16,17,18). The van der Waals surface area contributed by atoms with Crippen LogP contribution in [0.1, 0.15) is 12.5 Å². The fraction of sp³-hybridized carbons (Fsp3) is 0.286. The van der Waals surface area contributed by atoms with E-state index in [2.05, 4.69) is 15.3 Å². The summed E-state index contributed by atoms with van der Waals surface area (Å²) in [6, 6.07) is 7.62. The minimum atomic E-state index is 0.369. The summed E-state index contributed by atoms with van der Waals surface area (Å²) >= 11 is 6.01. The monoisotopic (exact) mass is 293 g/mol. The number of halogens is 1. The van der Waals surface area contributed by atoms with Gasteiger partial charge in [-0.3, -0.25) is 0 Å². The SMILES string of the molecule is CCNc1ncc(Cl)c(OCc2ccc(OC)cc2)n1. The molecule has 2 rings (SSSR count). The van der Waals surface area contributed by atoms with Gasteiger partial charge in [-0.25, -0.2) is 4.98 Å². The van der Waals surface area contributed by atoms with E-state index in [1.54, 1.807) is 7.11 Å². The van der Waals surface area contributed by atoms with E-state index < -0.39 is 0 Å². The quantitative estimate of drug-likeness (QED) is 0.886. The summed E-state index contributed by atoms with van der Waals surface area (Å²) in [7, 11) is 1.63. The molecule has 0 aliphatic rings. The van der Waals surface area contributed by atoms with Crippen LogP contribution in [0, 0.1) is 0 Å². The minimum absolute atomic E-state index is 0.369. The number of hydrogen-bond donors (Lipinski definition) is 1. The first-order chi connectivity index (χ1) is 9.72. The molecule has 0 saturated carbocycles. The van der Waals surface area contributed by atoms with Crippen LogP contribution in [-0.4, -0.2) is 23.6 Å². The molecule has 0 aliphatic heterocycles. The van der Waals surface area contributed by atoms with Crippen molar-refractivity contribution in [3.8, 4) is 11.6 Å². The summed E-state index contributed by atoms with van der Waals surface area (Å²) in [6.45, 7) is 3.09. The van der Waals surface area contributed by atoms with Crippen LogP contribution >= 0.6 is 11.6 Å². The molecule has 0 bridgehead atoms. The van der Waals surface area contributed by atoms with Crippen LogP contribution in [0.4, 0.5) is 5.95 Å². The average molecular weight is 294 g/mol. The highest BCUT2D eigenvalue weighted by Crippen LogP contribution is 2.23. The fourth-order valence-corrected chi connectivity index (χ4v) is 1.72. The number of methoxy groups -OCH3 is 1. The number of nitrogens with one attached hydrogen (secondary N) is 1. The zero-order valence-corrected chi connectivity index (χ0v) is 12.1. The van der Waals surface area contributed by atoms with E-state index in [-0.39, 0.29) is 0 Å². The van der Waals surface area contributed by atoms with Gasteiger partial charge in [0.1, 0.15) is 17.4 Å². The summed E-state index contributed by atoms with van der Waals surface area (Å²) in [4.78, 5) is 8.27. The van der Waals surface area contributed by atoms with Gasteiger partial charge in [-0.2, -0.15) is 4.98 Å². The van der Waals surface area contributed by atoms with Gasteiger partial charge in [0.15, 0.2) is 0 Å². The highest BCUT2D eigenvalue weighted by molar-refractivity contribution is 6.31. The van der Waals surface area contributed by atoms with Crippen molar-refractivity contribution in [1.29, 1.82) is 0 Å². The molecule has 0 amide bonds. The third-order valence-electron chi connectivity index (χ3n) is 2.58. The molecule has 106 valence electrons. The number of anilines is 1. The maximum atomic E-state index is 6.01. The molecule has 20 heavy (non-hydrogen) atoms. The molecule has 1 N–H and O–H groups in total. The molecule has 1 aromatic heterocycles. The predicted molar refractivity (Wildman–Crippen MR) is 78.5 cm³/mol. The number of ether oxygens (including phenoxy) is 2. The second-order valence-electron chi connectivity index (χ2n) is 4.01. The molecule has 0 fully saturated rings. The van der Waals surface area contributed by atoms with Gasteiger partial charge in [0.2, 0.25) is 11.8 Å². The molecular formula is C14H16ClN3O2. The lowest BCUT2D eigenvalue weighted by atomic mass is 10.2. The summed E-state index contributed by atoms with van der Waals surface area (Å²) in [5.41, 5.74) is 1.01. The Morgan fingerprint density at radius 2 is 2.00 bits per heavy atom. The lowest BCUT2D eigenvalue weighted by Crippen LogP contribution is -2.04. The third kappa shape index (κ3) is 3.74. The molecule has 0 spiro atoms. The molecular weight excluding hydrogens is 278 g/mol.